The van der Waals surface area contributed by atoms with Crippen LogP contribution < -0.4 is 4.72 Å². The van der Waals surface area contributed by atoms with E-state index in [1.807, 2.05) is 13.8 Å². The van der Waals surface area contributed by atoms with Crippen LogP contribution in [-0.2, 0) is 19.6 Å². The Morgan fingerprint density at radius 2 is 1.96 bits per heavy atom. The van der Waals surface area contributed by atoms with Crippen molar-refractivity contribution in [3.8, 4) is 0 Å². The van der Waals surface area contributed by atoms with Crippen molar-refractivity contribution in [3.63, 3.8) is 0 Å². The lowest BCUT2D eigenvalue weighted by Crippen LogP contribution is -2.34. The zero-order chi connectivity index (χ0) is 17.6. The van der Waals surface area contributed by atoms with E-state index in [9.17, 15) is 23.1 Å². The van der Waals surface area contributed by atoms with Crippen LogP contribution >= 0.6 is 11.6 Å². The summed E-state index contributed by atoms with van der Waals surface area (Å²) in [4.78, 5) is 21.7. The van der Waals surface area contributed by atoms with E-state index in [4.69, 9.17) is 11.6 Å². The molecule has 0 bridgehead atoms. The smallest absolute Gasteiger partial charge is 0.311 e. The van der Waals surface area contributed by atoms with Gasteiger partial charge in [0.05, 0.1) is 10.9 Å². The van der Waals surface area contributed by atoms with Crippen LogP contribution in [0.5, 0.6) is 0 Å². The minimum atomic E-state index is -3.87. The summed E-state index contributed by atoms with van der Waals surface area (Å²) in [6.07, 6.45) is 1.49. The lowest BCUT2D eigenvalue weighted by molar-refractivity contribution is -0.139. The predicted octanol–water partition coefficient (Wildman–Crippen LogP) is 2.56. The second-order valence-corrected chi connectivity index (χ2v) is 7.21. The number of hydrogen-bond acceptors (Lipinski definition) is 4. The van der Waals surface area contributed by atoms with Crippen molar-refractivity contribution in [2.75, 3.05) is 0 Å². The van der Waals surface area contributed by atoms with Gasteiger partial charge in [-0.25, -0.2) is 13.1 Å². The van der Waals surface area contributed by atoms with Gasteiger partial charge in [-0.1, -0.05) is 31.5 Å². The van der Waals surface area contributed by atoms with Crippen molar-refractivity contribution in [1.29, 1.82) is 0 Å². The quantitative estimate of drug-likeness (QED) is 0.658. The molecule has 1 aromatic rings. The molecule has 0 radical (unpaired) electrons. The Morgan fingerprint density at radius 1 is 1.35 bits per heavy atom. The van der Waals surface area contributed by atoms with Crippen molar-refractivity contribution in [2.45, 2.75) is 50.0 Å². The normalized spacial score (nSPS) is 13.0. The first kappa shape index (κ1) is 19.6. The monoisotopic (exact) mass is 361 g/mol. The Balaban J connectivity index is 3.29. The van der Waals surface area contributed by atoms with Gasteiger partial charge in [-0.15, -0.1) is 0 Å². The highest BCUT2D eigenvalue weighted by molar-refractivity contribution is 7.89. The Bertz CT molecular complexity index is 670. The third-order valence-corrected chi connectivity index (χ3v) is 5.59. The van der Waals surface area contributed by atoms with Gasteiger partial charge in [-0.05, 0) is 30.5 Å². The van der Waals surface area contributed by atoms with Crippen LogP contribution in [0.3, 0.4) is 0 Å². The molecule has 6 nitrogen and oxygen atoms in total. The molecule has 0 saturated carbocycles. The molecule has 1 unspecified atom stereocenters. The average molecular weight is 362 g/mol. The van der Waals surface area contributed by atoms with Gasteiger partial charge in [0.15, 0.2) is 0 Å². The minimum absolute atomic E-state index is 0.00227. The summed E-state index contributed by atoms with van der Waals surface area (Å²) in [6.45, 7) is 3.72. The average Bonchev–Trinajstić information content (AvgIpc) is 2.50. The Kier molecular flexibility index (Phi) is 7.18. The van der Waals surface area contributed by atoms with E-state index >= 15 is 0 Å². The van der Waals surface area contributed by atoms with Gasteiger partial charge < -0.3 is 9.90 Å². The van der Waals surface area contributed by atoms with Crippen molar-refractivity contribution in [1.82, 2.24) is 4.72 Å². The number of carboxylic acids is 1. The standard InChI is InChI=1S/C15H20ClNO5S/c1-3-11(4-2)17-23(21,22)14-9-10(5-6-13(14)16)12(7-8-18)15(19)20/h5-6,8-9,11-12,17H,3-4,7H2,1-2H3,(H,19,20). The maximum Gasteiger partial charge on any atom is 0.311 e. The molecule has 0 heterocycles. The molecular formula is C15H20ClNO5S. The van der Waals surface area contributed by atoms with E-state index in [0.29, 0.717) is 19.1 Å². The van der Waals surface area contributed by atoms with E-state index in [2.05, 4.69) is 4.72 Å². The van der Waals surface area contributed by atoms with Crippen LogP contribution in [0.2, 0.25) is 5.02 Å². The fraction of sp³-hybridized carbons (Fsp3) is 0.467. The maximum atomic E-state index is 12.5. The van der Waals surface area contributed by atoms with Gasteiger partial charge in [0.2, 0.25) is 10.0 Å². The lowest BCUT2D eigenvalue weighted by Gasteiger charge is -2.17. The SMILES string of the molecule is CCC(CC)NS(=O)(=O)c1cc(C(CC=O)C(=O)O)ccc1Cl. The van der Waals surface area contributed by atoms with Crippen LogP contribution in [0.15, 0.2) is 23.1 Å². The number of nitrogens with one attached hydrogen (secondary N) is 1. The summed E-state index contributed by atoms with van der Waals surface area (Å²) in [6, 6.07) is 3.74. The van der Waals surface area contributed by atoms with E-state index in [-0.39, 0.29) is 27.9 Å². The molecule has 0 aliphatic carbocycles. The molecule has 1 aromatic carbocycles. The van der Waals surface area contributed by atoms with E-state index in [0.717, 1.165) is 0 Å². The number of halogens is 1. The second kappa shape index (κ2) is 8.42. The van der Waals surface area contributed by atoms with E-state index < -0.39 is 21.9 Å². The molecular weight excluding hydrogens is 342 g/mol. The highest BCUT2D eigenvalue weighted by Crippen LogP contribution is 2.28. The molecule has 128 valence electrons. The van der Waals surface area contributed by atoms with Crippen molar-refractivity contribution in [3.05, 3.63) is 28.8 Å². The Morgan fingerprint density at radius 3 is 2.43 bits per heavy atom. The van der Waals surface area contributed by atoms with Crippen molar-refractivity contribution in [2.24, 2.45) is 0 Å². The molecule has 0 fully saturated rings. The first-order valence-electron chi connectivity index (χ1n) is 7.25. The molecule has 1 atom stereocenters. The summed E-state index contributed by atoms with van der Waals surface area (Å²) < 4.78 is 27.5. The Hall–Kier alpha value is -1.44. The molecule has 0 aromatic heterocycles. The van der Waals surface area contributed by atoms with Crippen LogP contribution in [0.1, 0.15) is 44.6 Å². The number of benzene rings is 1. The highest BCUT2D eigenvalue weighted by atomic mass is 35.5. The molecule has 2 N–H and O–H groups in total. The Labute approximate surface area is 140 Å². The van der Waals surface area contributed by atoms with Crippen LogP contribution in [0, 0.1) is 0 Å². The number of hydrogen-bond donors (Lipinski definition) is 2. The molecule has 23 heavy (non-hydrogen) atoms. The van der Waals surface area contributed by atoms with Gasteiger partial charge in [0.25, 0.3) is 0 Å². The predicted molar refractivity (Wildman–Crippen MR) is 87.2 cm³/mol. The summed E-state index contributed by atoms with van der Waals surface area (Å²) in [5.74, 6) is -2.30. The second-order valence-electron chi connectivity index (χ2n) is 5.12. The van der Waals surface area contributed by atoms with E-state index in [1.54, 1.807) is 0 Å². The van der Waals surface area contributed by atoms with E-state index in [1.165, 1.54) is 18.2 Å². The molecule has 0 amide bonds. The summed E-state index contributed by atoms with van der Waals surface area (Å²) >= 11 is 5.98. The van der Waals surface area contributed by atoms with Crippen LogP contribution in [0.25, 0.3) is 0 Å². The topological polar surface area (TPSA) is 101 Å². The van der Waals surface area contributed by atoms with Gasteiger partial charge in [0.1, 0.15) is 11.2 Å². The molecule has 0 saturated heterocycles. The molecule has 0 aliphatic heterocycles. The minimum Gasteiger partial charge on any atom is -0.481 e. The van der Waals surface area contributed by atoms with Crippen LogP contribution in [0.4, 0.5) is 0 Å². The molecule has 0 aliphatic rings. The fourth-order valence-corrected chi connectivity index (χ4v) is 4.09. The highest BCUT2D eigenvalue weighted by Gasteiger charge is 2.25. The van der Waals surface area contributed by atoms with Crippen molar-refractivity contribution < 1.29 is 23.1 Å². The number of carbonyl (C=O) groups excluding carboxylic acids is 1. The van der Waals surface area contributed by atoms with Crippen molar-refractivity contribution >= 4 is 33.9 Å². The molecule has 0 spiro atoms. The number of aliphatic carboxylic acids is 1. The third-order valence-electron chi connectivity index (χ3n) is 3.58. The third kappa shape index (κ3) is 5.02. The maximum absolute atomic E-state index is 12.5. The largest absolute Gasteiger partial charge is 0.481 e. The molecule has 1 rings (SSSR count). The van der Waals surface area contributed by atoms with Gasteiger partial charge >= 0.3 is 5.97 Å². The molecule has 8 heteroatoms. The fourth-order valence-electron chi connectivity index (χ4n) is 2.16. The number of carboxylic acid groups (broad SMARTS) is 1. The number of aldehydes is 1. The van der Waals surface area contributed by atoms with Gasteiger partial charge in [0, 0.05) is 12.5 Å². The first-order valence-corrected chi connectivity index (χ1v) is 9.11. The summed E-state index contributed by atoms with van der Waals surface area (Å²) in [5, 5.41) is 9.19. The summed E-state index contributed by atoms with van der Waals surface area (Å²) in [7, 11) is -3.87. The van der Waals surface area contributed by atoms with Crippen LogP contribution in [-0.4, -0.2) is 31.8 Å². The van der Waals surface area contributed by atoms with Gasteiger partial charge in [-0.3, -0.25) is 4.79 Å². The number of carbonyl (C=O) groups is 2. The zero-order valence-electron chi connectivity index (χ0n) is 13.0. The number of sulfonamides is 1. The van der Waals surface area contributed by atoms with Gasteiger partial charge in [-0.2, -0.15) is 0 Å². The lowest BCUT2D eigenvalue weighted by atomic mass is 9.97. The summed E-state index contributed by atoms with van der Waals surface area (Å²) in [5.41, 5.74) is 0.221. The zero-order valence-corrected chi connectivity index (χ0v) is 14.5. The first-order chi connectivity index (χ1) is 10.8. The number of rotatable bonds is 9.